The van der Waals surface area contributed by atoms with E-state index < -0.39 is 17.3 Å². The predicted octanol–water partition coefficient (Wildman–Crippen LogP) is 2.81. The lowest BCUT2D eigenvalue weighted by molar-refractivity contribution is 0.101. The lowest BCUT2D eigenvalue weighted by atomic mass is 10.2. The van der Waals surface area contributed by atoms with Gasteiger partial charge in [-0.05, 0) is 37.1 Å². The standard InChI is InChI=1S/C20H18FN3O4/c1-27-16-9-14-15(10-17(16)28-2)22-18(11-6-7-11)24(20(14)26)23-19(25)12-4-3-5-13(21)8-12/h3-5,8-11H,6-7H2,1-2H3,(H,23,25). The Bertz CT molecular complexity index is 1140. The average molecular weight is 383 g/mol. The van der Waals surface area contributed by atoms with Crippen LogP contribution >= 0.6 is 0 Å². The predicted molar refractivity (Wildman–Crippen MR) is 101 cm³/mol. The molecule has 0 aliphatic heterocycles. The number of rotatable bonds is 5. The van der Waals surface area contributed by atoms with Crippen LogP contribution in [0.25, 0.3) is 10.9 Å². The molecule has 2 aromatic carbocycles. The maximum absolute atomic E-state index is 13.4. The van der Waals surface area contributed by atoms with Gasteiger partial charge in [-0.3, -0.25) is 15.0 Å². The SMILES string of the molecule is COc1cc2nc(C3CC3)n(NC(=O)c3cccc(F)c3)c(=O)c2cc1OC. The lowest BCUT2D eigenvalue weighted by Crippen LogP contribution is -2.36. The van der Waals surface area contributed by atoms with Crippen molar-refractivity contribution in [3.63, 3.8) is 0 Å². The van der Waals surface area contributed by atoms with Crippen LogP contribution in [0.1, 0.15) is 34.9 Å². The van der Waals surface area contributed by atoms with Crippen molar-refractivity contribution in [1.29, 1.82) is 0 Å². The van der Waals surface area contributed by atoms with E-state index in [2.05, 4.69) is 10.4 Å². The first kappa shape index (κ1) is 18.0. The number of nitrogens with zero attached hydrogens (tertiary/aromatic N) is 2. The van der Waals surface area contributed by atoms with Gasteiger partial charge in [0.25, 0.3) is 11.5 Å². The second kappa shape index (κ2) is 6.95. The van der Waals surface area contributed by atoms with Crippen LogP contribution in [0.15, 0.2) is 41.2 Å². The molecule has 8 heteroatoms. The average Bonchev–Trinajstić information content (AvgIpc) is 3.54. The van der Waals surface area contributed by atoms with E-state index in [1.165, 1.54) is 38.5 Å². The molecule has 1 fully saturated rings. The highest BCUT2D eigenvalue weighted by atomic mass is 19.1. The van der Waals surface area contributed by atoms with Crippen LogP contribution in [-0.2, 0) is 0 Å². The summed E-state index contributed by atoms with van der Waals surface area (Å²) < 4.78 is 25.1. The van der Waals surface area contributed by atoms with Crippen molar-refractivity contribution < 1.29 is 18.7 Å². The van der Waals surface area contributed by atoms with Gasteiger partial charge in [-0.25, -0.2) is 14.1 Å². The van der Waals surface area contributed by atoms with Crippen LogP contribution in [0.5, 0.6) is 11.5 Å². The molecule has 0 radical (unpaired) electrons. The molecule has 0 spiro atoms. The number of fused-ring (bicyclic) bond motifs is 1. The normalized spacial score (nSPS) is 13.4. The number of hydrogen-bond acceptors (Lipinski definition) is 5. The van der Waals surface area contributed by atoms with E-state index >= 15 is 0 Å². The monoisotopic (exact) mass is 383 g/mol. The maximum Gasteiger partial charge on any atom is 0.280 e. The molecular weight excluding hydrogens is 365 g/mol. The number of carbonyl (C=O) groups excluding carboxylic acids is 1. The summed E-state index contributed by atoms with van der Waals surface area (Å²) >= 11 is 0. The summed E-state index contributed by atoms with van der Waals surface area (Å²) in [5.74, 6) is 0.273. The van der Waals surface area contributed by atoms with E-state index in [0.29, 0.717) is 22.8 Å². The molecule has 0 unspecified atom stereocenters. The maximum atomic E-state index is 13.4. The molecule has 4 rings (SSSR count). The Morgan fingerprint density at radius 2 is 1.89 bits per heavy atom. The van der Waals surface area contributed by atoms with Gasteiger partial charge in [0.2, 0.25) is 0 Å². The molecule has 144 valence electrons. The smallest absolute Gasteiger partial charge is 0.280 e. The topological polar surface area (TPSA) is 82.5 Å². The zero-order valence-electron chi connectivity index (χ0n) is 15.4. The lowest BCUT2D eigenvalue weighted by Gasteiger charge is -2.15. The fourth-order valence-corrected chi connectivity index (χ4v) is 3.05. The summed E-state index contributed by atoms with van der Waals surface area (Å²) in [6.07, 6.45) is 1.75. The quantitative estimate of drug-likeness (QED) is 0.733. The highest BCUT2D eigenvalue weighted by Crippen LogP contribution is 2.39. The molecule has 0 atom stereocenters. The van der Waals surface area contributed by atoms with Crippen LogP contribution in [0.3, 0.4) is 0 Å². The van der Waals surface area contributed by atoms with Crippen LogP contribution < -0.4 is 20.5 Å². The fraction of sp³-hybridized carbons (Fsp3) is 0.250. The van der Waals surface area contributed by atoms with Gasteiger partial charge in [-0.2, -0.15) is 0 Å². The number of amides is 1. The van der Waals surface area contributed by atoms with Crippen molar-refractivity contribution in [2.45, 2.75) is 18.8 Å². The largest absolute Gasteiger partial charge is 0.493 e. The second-order valence-corrected chi connectivity index (χ2v) is 6.56. The van der Waals surface area contributed by atoms with Gasteiger partial charge in [-0.15, -0.1) is 0 Å². The highest BCUT2D eigenvalue weighted by molar-refractivity contribution is 6.00. The summed E-state index contributed by atoms with van der Waals surface area (Å²) in [5.41, 5.74) is 2.70. The van der Waals surface area contributed by atoms with Crippen molar-refractivity contribution >= 4 is 16.8 Å². The summed E-state index contributed by atoms with van der Waals surface area (Å²) in [7, 11) is 2.98. The first-order valence-electron chi connectivity index (χ1n) is 8.77. The Morgan fingerprint density at radius 1 is 1.18 bits per heavy atom. The Kier molecular flexibility index (Phi) is 4.46. The summed E-state index contributed by atoms with van der Waals surface area (Å²) in [6.45, 7) is 0. The van der Waals surface area contributed by atoms with E-state index in [0.717, 1.165) is 23.6 Å². The molecule has 0 saturated heterocycles. The molecule has 1 aliphatic carbocycles. The Labute approximate surface area is 159 Å². The van der Waals surface area contributed by atoms with Gasteiger partial charge in [0.05, 0.1) is 25.1 Å². The Morgan fingerprint density at radius 3 is 2.54 bits per heavy atom. The van der Waals surface area contributed by atoms with Gasteiger partial charge >= 0.3 is 0 Å². The molecule has 0 bridgehead atoms. The number of hydrogen-bond donors (Lipinski definition) is 1. The first-order valence-corrected chi connectivity index (χ1v) is 8.77. The van der Waals surface area contributed by atoms with Crippen LogP contribution in [0, 0.1) is 5.82 Å². The van der Waals surface area contributed by atoms with Crippen molar-refractivity contribution in [2.75, 3.05) is 19.6 Å². The van der Waals surface area contributed by atoms with Gasteiger partial charge in [0.15, 0.2) is 11.5 Å². The number of ether oxygens (including phenoxy) is 2. The number of nitrogens with one attached hydrogen (secondary N) is 1. The van der Waals surface area contributed by atoms with Gasteiger partial charge in [0, 0.05) is 17.5 Å². The van der Waals surface area contributed by atoms with Crippen LogP contribution in [0.2, 0.25) is 0 Å². The molecule has 3 aromatic rings. The highest BCUT2D eigenvalue weighted by Gasteiger charge is 2.30. The van der Waals surface area contributed by atoms with Crippen LogP contribution in [-0.4, -0.2) is 29.8 Å². The van der Waals surface area contributed by atoms with Gasteiger partial charge in [0.1, 0.15) is 11.6 Å². The third-order valence-corrected chi connectivity index (χ3v) is 4.64. The van der Waals surface area contributed by atoms with Crippen molar-refractivity contribution in [1.82, 2.24) is 9.66 Å². The minimum absolute atomic E-state index is 0.0815. The Balaban J connectivity index is 1.84. The molecule has 1 aromatic heterocycles. The number of benzene rings is 2. The second-order valence-electron chi connectivity index (χ2n) is 6.56. The molecule has 1 saturated carbocycles. The van der Waals surface area contributed by atoms with E-state index in [4.69, 9.17) is 9.47 Å². The molecule has 1 N–H and O–H groups in total. The van der Waals surface area contributed by atoms with Crippen molar-refractivity contribution in [3.05, 3.63) is 64.0 Å². The number of halogens is 1. The third-order valence-electron chi connectivity index (χ3n) is 4.64. The molecule has 1 aliphatic rings. The molecular formula is C20H18FN3O4. The van der Waals surface area contributed by atoms with E-state index in [-0.39, 0.29) is 16.9 Å². The minimum Gasteiger partial charge on any atom is -0.493 e. The van der Waals surface area contributed by atoms with E-state index in [9.17, 15) is 14.0 Å². The molecule has 7 nitrogen and oxygen atoms in total. The molecule has 1 heterocycles. The number of carbonyl (C=O) groups is 1. The van der Waals surface area contributed by atoms with Gasteiger partial charge < -0.3 is 9.47 Å². The number of methoxy groups -OCH3 is 2. The summed E-state index contributed by atoms with van der Waals surface area (Å²) in [6, 6.07) is 8.44. The van der Waals surface area contributed by atoms with Gasteiger partial charge in [-0.1, -0.05) is 6.07 Å². The first-order chi connectivity index (χ1) is 13.5. The Hall–Kier alpha value is -3.42. The van der Waals surface area contributed by atoms with Crippen molar-refractivity contribution in [2.24, 2.45) is 0 Å². The van der Waals surface area contributed by atoms with Crippen molar-refractivity contribution in [3.8, 4) is 11.5 Å². The summed E-state index contributed by atoms with van der Waals surface area (Å²) in [5, 5.41) is 0.279. The minimum atomic E-state index is -0.592. The summed E-state index contributed by atoms with van der Waals surface area (Å²) in [4.78, 5) is 30.3. The molecule has 28 heavy (non-hydrogen) atoms. The fourth-order valence-electron chi connectivity index (χ4n) is 3.05. The zero-order chi connectivity index (χ0) is 19.8. The van der Waals surface area contributed by atoms with Crippen LogP contribution in [0.4, 0.5) is 4.39 Å². The van der Waals surface area contributed by atoms with E-state index in [1.54, 1.807) is 6.07 Å². The third kappa shape index (κ3) is 3.17. The number of aromatic nitrogens is 2. The zero-order valence-corrected chi connectivity index (χ0v) is 15.4. The molecule has 1 amide bonds. The van der Waals surface area contributed by atoms with E-state index in [1.807, 2.05) is 0 Å².